The van der Waals surface area contributed by atoms with Crippen LogP contribution in [0.2, 0.25) is 0 Å². The Morgan fingerprint density at radius 1 is 1.12 bits per heavy atom. The molecule has 2 rings (SSSR count). The number of aryl methyl sites for hydroxylation is 2. The van der Waals surface area contributed by atoms with E-state index in [-0.39, 0.29) is 23.9 Å². The number of carbonyl (C=O) groups is 1. The van der Waals surface area contributed by atoms with Gasteiger partial charge in [-0.1, -0.05) is 6.07 Å². The Labute approximate surface area is 152 Å². The highest BCUT2D eigenvalue weighted by atomic mass is 16.5. The number of rotatable bonds is 7. The number of hydrogen-bond donors (Lipinski definition) is 2. The maximum absolute atomic E-state index is 11.8. The molecule has 2 aromatic carbocycles. The van der Waals surface area contributed by atoms with E-state index in [0.29, 0.717) is 11.3 Å². The lowest BCUT2D eigenvalue weighted by Crippen LogP contribution is -2.24. The Balaban J connectivity index is 1.93. The Morgan fingerprint density at radius 3 is 2.35 bits per heavy atom. The lowest BCUT2D eigenvalue weighted by Gasteiger charge is -2.09. The number of amides is 1. The average Bonchev–Trinajstić information content (AvgIpc) is 2.63. The Kier molecular flexibility index (Phi) is 6.43. The van der Waals surface area contributed by atoms with Gasteiger partial charge in [0.2, 0.25) is 5.75 Å². The van der Waals surface area contributed by atoms with E-state index >= 15 is 0 Å². The summed E-state index contributed by atoms with van der Waals surface area (Å²) >= 11 is 0. The van der Waals surface area contributed by atoms with Crippen molar-refractivity contribution in [2.45, 2.75) is 13.8 Å². The van der Waals surface area contributed by atoms with Gasteiger partial charge in [-0.2, -0.15) is 5.10 Å². The van der Waals surface area contributed by atoms with Crippen molar-refractivity contribution in [2.75, 3.05) is 20.8 Å². The number of phenols is 1. The molecule has 2 N–H and O–H groups in total. The molecule has 26 heavy (non-hydrogen) atoms. The zero-order valence-corrected chi connectivity index (χ0v) is 15.2. The molecule has 2 aromatic rings. The fourth-order valence-electron chi connectivity index (χ4n) is 2.15. The molecule has 7 heteroatoms. The van der Waals surface area contributed by atoms with E-state index in [0.717, 1.165) is 11.1 Å². The maximum Gasteiger partial charge on any atom is 0.277 e. The summed E-state index contributed by atoms with van der Waals surface area (Å²) in [5.74, 6) is 0.626. The lowest BCUT2D eigenvalue weighted by molar-refractivity contribution is -0.123. The van der Waals surface area contributed by atoms with Crippen LogP contribution >= 0.6 is 0 Å². The highest BCUT2D eigenvalue weighted by molar-refractivity contribution is 5.84. The first kappa shape index (κ1) is 19.1. The number of aromatic hydroxyl groups is 1. The number of phenolic OH excluding ortho intramolecular Hbond substituents is 1. The lowest BCUT2D eigenvalue weighted by atomic mass is 10.1. The van der Waals surface area contributed by atoms with Gasteiger partial charge in [-0.05, 0) is 49.2 Å². The second-order valence-corrected chi connectivity index (χ2v) is 5.60. The topological polar surface area (TPSA) is 89.4 Å². The number of nitrogens with one attached hydrogen (secondary N) is 1. The van der Waals surface area contributed by atoms with Gasteiger partial charge in [-0.15, -0.1) is 0 Å². The van der Waals surface area contributed by atoms with Gasteiger partial charge < -0.3 is 19.3 Å². The molecular weight excluding hydrogens is 336 g/mol. The fourth-order valence-corrected chi connectivity index (χ4v) is 2.15. The van der Waals surface area contributed by atoms with Crippen LogP contribution in [-0.4, -0.2) is 38.1 Å². The SMILES string of the molecule is COc1cc(/C=N\NC(=O)COc2ccc(C)c(C)c2)cc(OC)c1O. The van der Waals surface area contributed by atoms with Crippen molar-refractivity contribution < 1.29 is 24.1 Å². The summed E-state index contributed by atoms with van der Waals surface area (Å²) in [4.78, 5) is 11.8. The minimum absolute atomic E-state index is 0.0991. The van der Waals surface area contributed by atoms with Gasteiger partial charge in [0.15, 0.2) is 18.1 Å². The van der Waals surface area contributed by atoms with E-state index in [9.17, 15) is 9.90 Å². The molecule has 0 atom stereocenters. The third-order valence-electron chi connectivity index (χ3n) is 3.75. The van der Waals surface area contributed by atoms with Crippen LogP contribution in [0.15, 0.2) is 35.4 Å². The van der Waals surface area contributed by atoms with Crippen LogP contribution in [0.4, 0.5) is 0 Å². The summed E-state index contributed by atoms with van der Waals surface area (Å²) in [6, 6.07) is 8.76. The van der Waals surface area contributed by atoms with Crippen molar-refractivity contribution in [2.24, 2.45) is 5.10 Å². The first-order valence-electron chi connectivity index (χ1n) is 7.91. The van der Waals surface area contributed by atoms with Crippen LogP contribution in [0.1, 0.15) is 16.7 Å². The first-order chi connectivity index (χ1) is 12.4. The quantitative estimate of drug-likeness (QED) is 0.586. The standard InChI is InChI=1S/C19H22N2O5/c1-12-5-6-15(7-13(12)2)26-11-18(22)21-20-10-14-8-16(24-3)19(23)17(9-14)25-4/h5-10,23H,11H2,1-4H3,(H,21,22)/b20-10-. The molecule has 0 aliphatic rings. The molecule has 7 nitrogen and oxygen atoms in total. The third-order valence-corrected chi connectivity index (χ3v) is 3.75. The molecule has 0 fully saturated rings. The van der Waals surface area contributed by atoms with Crippen molar-refractivity contribution in [3.8, 4) is 23.0 Å². The molecule has 1 amide bonds. The van der Waals surface area contributed by atoms with Gasteiger partial charge in [0.1, 0.15) is 5.75 Å². The molecular formula is C19H22N2O5. The van der Waals surface area contributed by atoms with Crippen LogP contribution in [0.25, 0.3) is 0 Å². The van der Waals surface area contributed by atoms with E-state index in [1.807, 2.05) is 32.0 Å². The normalized spacial score (nSPS) is 10.6. The fraction of sp³-hybridized carbons (Fsp3) is 0.263. The van der Waals surface area contributed by atoms with Crippen LogP contribution < -0.4 is 19.6 Å². The minimum Gasteiger partial charge on any atom is -0.502 e. The summed E-state index contributed by atoms with van der Waals surface area (Å²) in [5, 5.41) is 13.7. The Hall–Kier alpha value is -3.22. The third kappa shape index (κ3) is 4.89. The maximum atomic E-state index is 11.8. The van der Waals surface area contributed by atoms with Gasteiger partial charge >= 0.3 is 0 Å². The Morgan fingerprint density at radius 2 is 1.77 bits per heavy atom. The second kappa shape index (κ2) is 8.75. The molecule has 0 aromatic heterocycles. The van der Waals surface area contributed by atoms with Gasteiger partial charge in [0.25, 0.3) is 5.91 Å². The number of carbonyl (C=O) groups excluding carboxylic acids is 1. The average molecular weight is 358 g/mol. The summed E-state index contributed by atoms with van der Waals surface area (Å²) in [7, 11) is 2.86. The zero-order chi connectivity index (χ0) is 19.1. The molecule has 0 saturated carbocycles. The van der Waals surface area contributed by atoms with E-state index in [1.54, 1.807) is 12.1 Å². The van der Waals surface area contributed by atoms with Crippen LogP contribution in [0.3, 0.4) is 0 Å². The van der Waals surface area contributed by atoms with Crippen molar-refractivity contribution in [1.29, 1.82) is 0 Å². The molecule has 0 unspecified atom stereocenters. The van der Waals surface area contributed by atoms with E-state index in [1.165, 1.54) is 20.4 Å². The highest BCUT2D eigenvalue weighted by Crippen LogP contribution is 2.36. The predicted molar refractivity (Wildman–Crippen MR) is 98.4 cm³/mol. The summed E-state index contributed by atoms with van der Waals surface area (Å²) in [6.07, 6.45) is 1.42. The van der Waals surface area contributed by atoms with Gasteiger partial charge in [0, 0.05) is 5.56 Å². The number of benzene rings is 2. The smallest absolute Gasteiger partial charge is 0.277 e. The van der Waals surface area contributed by atoms with Gasteiger partial charge in [-0.25, -0.2) is 5.43 Å². The van der Waals surface area contributed by atoms with E-state index in [4.69, 9.17) is 14.2 Å². The zero-order valence-electron chi connectivity index (χ0n) is 15.2. The molecule has 0 radical (unpaired) electrons. The minimum atomic E-state index is -0.391. The summed E-state index contributed by atoms with van der Waals surface area (Å²) < 4.78 is 15.6. The number of hydrazone groups is 1. The van der Waals surface area contributed by atoms with Crippen molar-refractivity contribution in [3.05, 3.63) is 47.0 Å². The second-order valence-electron chi connectivity index (χ2n) is 5.60. The molecule has 138 valence electrons. The molecule has 0 saturated heterocycles. The predicted octanol–water partition coefficient (Wildman–Crippen LogP) is 2.56. The van der Waals surface area contributed by atoms with Crippen molar-refractivity contribution in [3.63, 3.8) is 0 Å². The monoisotopic (exact) mass is 358 g/mol. The van der Waals surface area contributed by atoms with Gasteiger partial charge in [-0.3, -0.25) is 4.79 Å². The molecule has 0 heterocycles. The number of nitrogens with zero attached hydrogens (tertiary/aromatic N) is 1. The van der Waals surface area contributed by atoms with Crippen molar-refractivity contribution in [1.82, 2.24) is 5.43 Å². The van der Waals surface area contributed by atoms with E-state index in [2.05, 4.69) is 10.5 Å². The van der Waals surface area contributed by atoms with E-state index < -0.39 is 5.91 Å². The summed E-state index contributed by atoms with van der Waals surface area (Å²) in [6.45, 7) is 3.84. The number of hydrogen-bond acceptors (Lipinski definition) is 6. The van der Waals surface area contributed by atoms with Crippen LogP contribution in [0, 0.1) is 13.8 Å². The molecule has 0 bridgehead atoms. The molecule has 0 spiro atoms. The van der Waals surface area contributed by atoms with Crippen LogP contribution in [0.5, 0.6) is 23.0 Å². The largest absolute Gasteiger partial charge is 0.502 e. The first-order valence-corrected chi connectivity index (χ1v) is 7.91. The van der Waals surface area contributed by atoms with Gasteiger partial charge in [0.05, 0.1) is 20.4 Å². The van der Waals surface area contributed by atoms with Crippen molar-refractivity contribution >= 4 is 12.1 Å². The molecule has 0 aliphatic heterocycles. The number of ether oxygens (including phenoxy) is 3. The summed E-state index contributed by atoms with van der Waals surface area (Å²) in [5.41, 5.74) is 5.22. The Bertz CT molecular complexity index is 793. The molecule has 0 aliphatic carbocycles. The number of methoxy groups -OCH3 is 2. The van der Waals surface area contributed by atoms with Crippen LogP contribution in [-0.2, 0) is 4.79 Å². The highest BCUT2D eigenvalue weighted by Gasteiger charge is 2.10.